The van der Waals surface area contributed by atoms with Crippen LogP contribution in [-0.4, -0.2) is 51.7 Å². The van der Waals surface area contributed by atoms with Gasteiger partial charge in [0, 0.05) is 6.54 Å². The Bertz CT molecular complexity index is 534. The second-order valence-corrected chi connectivity index (χ2v) is 5.75. The minimum Gasteiger partial charge on any atom is -0.393 e. The van der Waals surface area contributed by atoms with Crippen molar-refractivity contribution in [3.05, 3.63) is 35.9 Å². The molecule has 1 aliphatic rings. The molecule has 4 N–H and O–H groups in total. The molecule has 0 radical (unpaired) electrons. The summed E-state index contributed by atoms with van der Waals surface area (Å²) in [5.74, 6) is -1.05. The normalized spacial score (nSPS) is 22.5. The first kappa shape index (κ1) is 16.5. The van der Waals surface area contributed by atoms with Crippen LogP contribution in [0, 0.1) is 0 Å². The van der Waals surface area contributed by atoms with Crippen molar-refractivity contribution in [2.75, 3.05) is 13.2 Å². The van der Waals surface area contributed by atoms with Gasteiger partial charge in [-0.25, -0.2) is 0 Å². The van der Waals surface area contributed by atoms with Crippen molar-refractivity contribution in [3.8, 4) is 0 Å². The van der Waals surface area contributed by atoms with Crippen LogP contribution in [0.1, 0.15) is 24.8 Å². The van der Waals surface area contributed by atoms with E-state index < -0.39 is 24.2 Å². The summed E-state index contributed by atoms with van der Waals surface area (Å²) < 4.78 is 0. The number of amides is 2. The first-order chi connectivity index (χ1) is 10.5. The quantitative estimate of drug-likeness (QED) is 0.678. The standard InChI is InChI=1S/C16H22N2O4/c17-15(22)16(11-19)7-4-8-18(16)14(21)10-13(20)9-12-5-2-1-3-6-12/h1-3,5-6,13,19-20H,4,7-11H2,(H2,17,22)/t13?,16-/m1/s1. The third kappa shape index (κ3) is 3.28. The third-order valence-corrected chi connectivity index (χ3v) is 4.23. The van der Waals surface area contributed by atoms with Crippen LogP contribution in [0.2, 0.25) is 0 Å². The number of rotatable bonds is 6. The molecule has 120 valence electrons. The van der Waals surface area contributed by atoms with E-state index in [1.54, 1.807) is 0 Å². The first-order valence-electron chi connectivity index (χ1n) is 7.43. The SMILES string of the molecule is NC(=O)[C@]1(CO)CCCN1C(=O)CC(O)Cc1ccccc1. The minimum absolute atomic E-state index is 0.0933. The topological polar surface area (TPSA) is 104 Å². The fourth-order valence-electron chi connectivity index (χ4n) is 3.01. The molecule has 1 unspecified atom stereocenters. The van der Waals surface area contributed by atoms with Crippen molar-refractivity contribution in [3.63, 3.8) is 0 Å². The maximum absolute atomic E-state index is 12.4. The molecule has 1 heterocycles. The van der Waals surface area contributed by atoms with Crippen LogP contribution in [0.4, 0.5) is 0 Å². The zero-order valence-corrected chi connectivity index (χ0v) is 12.4. The predicted molar refractivity (Wildman–Crippen MR) is 80.7 cm³/mol. The number of carbonyl (C=O) groups is 2. The number of primary amides is 1. The van der Waals surface area contributed by atoms with Crippen LogP contribution in [0.5, 0.6) is 0 Å². The van der Waals surface area contributed by atoms with Crippen molar-refractivity contribution in [1.82, 2.24) is 4.90 Å². The summed E-state index contributed by atoms with van der Waals surface area (Å²) in [6, 6.07) is 9.38. The van der Waals surface area contributed by atoms with Crippen LogP contribution < -0.4 is 5.73 Å². The summed E-state index contributed by atoms with van der Waals surface area (Å²) in [5.41, 5.74) is 4.99. The second-order valence-electron chi connectivity index (χ2n) is 5.75. The van der Waals surface area contributed by atoms with E-state index in [-0.39, 0.29) is 12.3 Å². The number of nitrogens with zero attached hydrogens (tertiary/aromatic N) is 1. The third-order valence-electron chi connectivity index (χ3n) is 4.23. The number of hydrogen-bond donors (Lipinski definition) is 3. The highest BCUT2D eigenvalue weighted by Crippen LogP contribution is 2.29. The molecule has 1 fully saturated rings. The van der Waals surface area contributed by atoms with E-state index in [0.29, 0.717) is 25.8 Å². The number of benzene rings is 1. The van der Waals surface area contributed by atoms with Gasteiger partial charge in [0.25, 0.3) is 0 Å². The van der Waals surface area contributed by atoms with Gasteiger partial charge >= 0.3 is 0 Å². The fourth-order valence-corrected chi connectivity index (χ4v) is 3.01. The van der Waals surface area contributed by atoms with Crippen LogP contribution in [-0.2, 0) is 16.0 Å². The largest absolute Gasteiger partial charge is 0.393 e. The van der Waals surface area contributed by atoms with E-state index in [1.165, 1.54) is 4.90 Å². The molecule has 6 heteroatoms. The summed E-state index contributed by atoms with van der Waals surface area (Å²) in [4.78, 5) is 25.3. The molecule has 0 aromatic heterocycles. The van der Waals surface area contributed by atoms with Gasteiger partial charge in [0.2, 0.25) is 11.8 Å². The Morgan fingerprint density at radius 2 is 2.00 bits per heavy atom. The van der Waals surface area contributed by atoms with E-state index in [4.69, 9.17) is 5.73 Å². The summed E-state index contributed by atoms with van der Waals surface area (Å²) >= 11 is 0. The molecular formula is C16H22N2O4. The molecule has 0 aliphatic carbocycles. The number of aliphatic hydroxyl groups excluding tert-OH is 2. The lowest BCUT2D eigenvalue weighted by atomic mass is 9.95. The van der Waals surface area contributed by atoms with E-state index >= 15 is 0 Å². The molecular weight excluding hydrogens is 284 g/mol. The summed E-state index contributed by atoms with van der Waals surface area (Å²) in [5, 5.41) is 19.6. The number of likely N-dealkylation sites (tertiary alicyclic amines) is 1. The predicted octanol–water partition coefficient (Wildman–Crippen LogP) is -0.181. The summed E-state index contributed by atoms with van der Waals surface area (Å²) in [7, 11) is 0. The van der Waals surface area contributed by atoms with E-state index in [1.807, 2.05) is 30.3 Å². The summed E-state index contributed by atoms with van der Waals surface area (Å²) in [6.07, 6.45) is 0.413. The molecule has 1 aliphatic heterocycles. The van der Waals surface area contributed by atoms with Gasteiger partial charge in [0.1, 0.15) is 5.54 Å². The molecule has 22 heavy (non-hydrogen) atoms. The highest BCUT2D eigenvalue weighted by atomic mass is 16.3. The molecule has 2 amide bonds. The number of nitrogens with two attached hydrogens (primary N) is 1. The van der Waals surface area contributed by atoms with E-state index in [2.05, 4.69) is 0 Å². The lowest BCUT2D eigenvalue weighted by molar-refractivity contribution is -0.147. The van der Waals surface area contributed by atoms with Gasteiger partial charge in [-0.05, 0) is 24.8 Å². The molecule has 6 nitrogen and oxygen atoms in total. The van der Waals surface area contributed by atoms with E-state index in [9.17, 15) is 19.8 Å². The Morgan fingerprint density at radius 1 is 1.32 bits per heavy atom. The van der Waals surface area contributed by atoms with Gasteiger partial charge in [-0.3, -0.25) is 9.59 Å². The van der Waals surface area contributed by atoms with Crippen LogP contribution in [0.3, 0.4) is 0 Å². The fraction of sp³-hybridized carbons (Fsp3) is 0.500. The number of carbonyl (C=O) groups excluding carboxylic acids is 2. The molecule has 2 atom stereocenters. The number of aliphatic hydroxyl groups is 2. The van der Waals surface area contributed by atoms with Crippen LogP contribution in [0.15, 0.2) is 30.3 Å². The average molecular weight is 306 g/mol. The van der Waals surface area contributed by atoms with Crippen molar-refractivity contribution in [2.45, 2.75) is 37.3 Å². The number of hydrogen-bond acceptors (Lipinski definition) is 4. The van der Waals surface area contributed by atoms with Gasteiger partial charge < -0.3 is 20.8 Å². The minimum atomic E-state index is -1.32. The van der Waals surface area contributed by atoms with Gasteiger partial charge in [-0.1, -0.05) is 30.3 Å². The smallest absolute Gasteiger partial charge is 0.245 e. The average Bonchev–Trinajstić information content (AvgIpc) is 2.93. The van der Waals surface area contributed by atoms with Gasteiger partial charge in [-0.2, -0.15) is 0 Å². The first-order valence-corrected chi connectivity index (χ1v) is 7.43. The maximum atomic E-state index is 12.4. The molecule has 0 spiro atoms. The molecule has 0 bridgehead atoms. The Labute approximate surface area is 129 Å². The Hall–Kier alpha value is -1.92. The van der Waals surface area contributed by atoms with E-state index in [0.717, 1.165) is 5.56 Å². The van der Waals surface area contributed by atoms with Gasteiger partial charge in [0.15, 0.2) is 0 Å². The Balaban J connectivity index is 2.00. The Morgan fingerprint density at radius 3 is 2.59 bits per heavy atom. The molecule has 0 saturated carbocycles. The monoisotopic (exact) mass is 306 g/mol. The lowest BCUT2D eigenvalue weighted by Gasteiger charge is -2.34. The zero-order valence-electron chi connectivity index (χ0n) is 12.4. The van der Waals surface area contributed by atoms with Gasteiger partial charge in [0.05, 0.1) is 19.1 Å². The maximum Gasteiger partial charge on any atom is 0.245 e. The highest BCUT2D eigenvalue weighted by Gasteiger charge is 2.48. The highest BCUT2D eigenvalue weighted by molar-refractivity contribution is 5.91. The van der Waals surface area contributed by atoms with Crippen molar-refractivity contribution >= 4 is 11.8 Å². The van der Waals surface area contributed by atoms with Crippen molar-refractivity contribution in [2.24, 2.45) is 5.73 Å². The zero-order chi connectivity index (χ0) is 16.2. The van der Waals surface area contributed by atoms with Crippen LogP contribution >= 0.6 is 0 Å². The van der Waals surface area contributed by atoms with Crippen LogP contribution in [0.25, 0.3) is 0 Å². The Kier molecular flexibility index (Phi) is 5.15. The summed E-state index contributed by atoms with van der Waals surface area (Å²) in [6.45, 7) is -0.108. The molecule has 1 aromatic carbocycles. The lowest BCUT2D eigenvalue weighted by Crippen LogP contribution is -2.58. The second kappa shape index (κ2) is 6.89. The van der Waals surface area contributed by atoms with Gasteiger partial charge in [-0.15, -0.1) is 0 Å². The molecule has 1 saturated heterocycles. The molecule has 2 rings (SSSR count). The van der Waals surface area contributed by atoms with Crippen molar-refractivity contribution < 1.29 is 19.8 Å². The van der Waals surface area contributed by atoms with Crippen molar-refractivity contribution in [1.29, 1.82) is 0 Å². The molecule has 1 aromatic rings.